The van der Waals surface area contributed by atoms with Gasteiger partial charge in [-0.3, -0.25) is 9.59 Å². The molecular formula is C11H13Br2NO3S. The van der Waals surface area contributed by atoms with Crippen molar-refractivity contribution in [3.8, 4) is 0 Å². The van der Waals surface area contributed by atoms with E-state index in [1.165, 1.54) is 11.3 Å². The highest BCUT2D eigenvalue weighted by molar-refractivity contribution is 9.12. The van der Waals surface area contributed by atoms with Gasteiger partial charge < -0.3 is 10.4 Å². The van der Waals surface area contributed by atoms with Crippen LogP contribution in [0.2, 0.25) is 0 Å². The van der Waals surface area contributed by atoms with Gasteiger partial charge in [-0.1, -0.05) is 0 Å². The van der Waals surface area contributed by atoms with E-state index in [-0.39, 0.29) is 12.3 Å². The van der Waals surface area contributed by atoms with Crippen LogP contribution in [-0.2, 0) is 4.79 Å². The lowest BCUT2D eigenvalue weighted by atomic mass is 9.98. The standard InChI is InChI=1S/C11H13Br2NO3S/c1-11(2,4-3-8(15)16)14-10(17)6-5-7(12)18-9(6)13/h5H,3-4H2,1-2H3,(H,14,17)(H,15,16). The maximum Gasteiger partial charge on any atom is 0.303 e. The van der Waals surface area contributed by atoms with Crippen molar-refractivity contribution in [2.24, 2.45) is 0 Å². The predicted molar refractivity (Wildman–Crippen MR) is 78.1 cm³/mol. The van der Waals surface area contributed by atoms with Crippen LogP contribution in [0.4, 0.5) is 0 Å². The maximum absolute atomic E-state index is 12.0. The van der Waals surface area contributed by atoms with Crippen LogP contribution in [0.5, 0.6) is 0 Å². The minimum atomic E-state index is -0.864. The van der Waals surface area contributed by atoms with Crippen LogP contribution in [0, 0.1) is 0 Å². The van der Waals surface area contributed by atoms with Crippen molar-refractivity contribution in [2.45, 2.75) is 32.2 Å². The van der Waals surface area contributed by atoms with Gasteiger partial charge >= 0.3 is 5.97 Å². The van der Waals surface area contributed by atoms with Crippen molar-refractivity contribution in [1.29, 1.82) is 0 Å². The minimum absolute atomic E-state index is 0.0295. The molecule has 1 heterocycles. The molecule has 0 spiro atoms. The van der Waals surface area contributed by atoms with Crippen LogP contribution in [-0.4, -0.2) is 22.5 Å². The van der Waals surface area contributed by atoms with E-state index < -0.39 is 11.5 Å². The average molecular weight is 399 g/mol. The number of carboxylic acid groups (broad SMARTS) is 1. The molecule has 7 heteroatoms. The lowest BCUT2D eigenvalue weighted by Crippen LogP contribution is -2.43. The Kier molecular flexibility index (Phi) is 5.36. The summed E-state index contributed by atoms with van der Waals surface area (Å²) >= 11 is 8.05. The highest BCUT2D eigenvalue weighted by atomic mass is 79.9. The van der Waals surface area contributed by atoms with E-state index in [4.69, 9.17) is 5.11 Å². The number of carbonyl (C=O) groups excluding carboxylic acids is 1. The number of thiophene rings is 1. The molecule has 0 aliphatic heterocycles. The van der Waals surface area contributed by atoms with Crippen LogP contribution in [0.3, 0.4) is 0 Å². The fraction of sp³-hybridized carbons (Fsp3) is 0.455. The molecule has 1 rings (SSSR count). The van der Waals surface area contributed by atoms with Crippen LogP contribution in [0.1, 0.15) is 37.0 Å². The molecule has 1 aromatic heterocycles. The summed E-state index contributed by atoms with van der Waals surface area (Å²) in [6.45, 7) is 3.62. The SMILES string of the molecule is CC(C)(CCC(=O)O)NC(=O)c1cc(Br)sc1Br. The monoisotopic (exact) mass is 397 g/mol. The molecule has 100 valence electrons. The molecule has 0 saturated carbocycles. The molecular weight excluding hydrogens is 386 g/mol. The normalized spacial score (nSPS) is 11.3. The van der Waals surface area contributed by atoms with Gasteiger partial charge in [-0.25, -0.2) is 0 Å². The molecule has 0 fully saturated rings. The fourth-order valence-electron chi connectivity index (χ4n) is 1.35. The third-order valence-corrected chi connectivity index (χ3v) is 4.66. The van der Waals surface area contributed by atoms with Gasteiger partial charge in [0.1, 0.15) is 0 Å². The van der Waals surface area contributed by atoms with Crippen LogP contribution in [0.25, 0.3) is 0 Å². The van der Waals surface area contributed by atoms with E-state index in [1.807, 2.05) is 13.8 Å². The van der Waals surface area contributed by atoms with Crippen molar-refractivity contribution in [1.82, 2.24) is 5.32 Å². The minimum Gasteiger partial charge on any atom is -0.481 e. The van der Waals surface area contributed by atoms with Gasteiger partial charge in [-0.05, 0) is 58.2 Å². The molecule has 0 aliphatic carbocycles. The molecule has 0 aromatic carbocycles. The fourth-order valence-corrected chi connectivity index (χ4v) is 4.15. The predicted octanol–water partition coefficient (Wildman–Crippen LogP) is 3.65. The Morgan fingerprint density at radius 1 is 1.44 bits per heavy atom. The zero-order valence-corrected chi connectivity index (χ0v) is 13.9. The zero-order chi connectivity index (χ0) is 13.9. The molecule has 4 nitrogen and oxygen atoms in total. The van der Waals surface area contributed by atoms with E-state index in [0.29, 0.717) is 12.0 Å². The quantitative estimate of drug-likeness (QED) is 0.795. The molecule has 1 aromatic rings. The second-order valence-electron chi connectivity index (χ2n) is 4.47. The third kappa shape index (κ3) is 4.70. The summed E-state index contributed by atoms with van der Waals surface area (Å²) in [6.07, 6.45) is 0.415. The van der Waals surface area contributed by atoms with E-state index in [1.54, 1.807) is 6.07 Å². The Labute approximate surface area is 126 Å². The summed E-state index contributed by atoms with van der Waals surface area (Å²) in [5.41, 5.74) is -0.00108. The van der Waals surface area contributed by atoms with E-state index in [2.05, 4.69) is 37.2 Å². The van der Waals surface area contributed by atoms with Crippen LogP contribution < -0.4 is 5.32 Å². The number of carboxylic acids is 1. The number of halogens is 2. The second kappa shape index (κ2) is 6.16. The highest BCUT2D eigenvalue weighted by Crippen LogP contribution is 2.32. The Morgan fingerprint density at radius 3 is 2.50 bits per heavy atom. The second-order valence-corrected chi connectivity index (χ2v) is 8.22. The summed E-state index contributed by atoms with van der Waals surface area (Å²) in [4.78, 5) is 22.6. The molecule has 0 aliphatic rings. The first kappa shape index (κ1) is 15.7. The topological polar surface area (TPSA) is 66.4 Å². The molecule has 0 saturated heterocycles. The first-order chi connectivity index (χ1) is 8.21. The number of hydrogen-bond acceptors (Lipinski definition) is 3. The number of hydrogen-bond donors (Lipinski definition) is 2. The number of rotatable bonds is 5. The molecule has 2 N–H and O–H groups in total. The lowest BCUT2D eigenvalue weighted by molar-refractivity contribution is -0.137. The Hall–Kier alpha value is -0.400. The summed E-state index contributed by atoms with van der Waals surface area (Å²) in [5, 5.41) is 11.5. The number of nitrogens with one attached hydrogen (secondary N) is 1. The number of aliphatic carboxylic acids is 1. The summed E-state index contributed by atoms with van der Waals surface area (Å²) in [5.74, 6) is -1.07. The first-order valence-corrected chi connectivity index (χ1v) is 7.61. The van der Waals surface area contributed by atoms with Gasteiger partial charge in [0, 0.05) is 12.0 Å². The molecule has 0 unspecified atom stereocenters. The number of carbonyl (C=O) groups is 2. The summed E-state index contributed by atoms with van der Waals surface area (Å²) in [6, 6.07) is 1.73. The maximum atomic E-state index is 12.0. The molecule has 0 bridgehead atoms. The van der Waals surface area contributed by atoms with Gasteiger partial charge in [0.25, 0.3) is 5.91 Å². The lowest BCUT2D eigenvalue weighted by Gasteiger charge is -2.25. The zero-order valence-electron chi connectivity index (χ0n) is 9.92. The van der Waals surface area contributed by atoms with Crippen molar-refractivity contribution >= 4 is 55.1 Å². The van der Waals surface area contributed by atoms with Gasteiger partial charge in [0.05, 0.1) is 13.1 Å². The largest absolute Gasteiger partial charge is 0.481 e. The Morgan fingerprint density at radius 2 is 2.06 bits per heavy atom. The van der Waals surface area contributed by atoms with Crippen molar-refractivity contribution in [3.05, 3.63) is 19.2 Å². The van der Waals surface area contributed by atoms with E-state index in [9.17, 15) is 9.59 Å². The Bertz CT molecular complexity index is 471. The first-order valence-electron chi connectivity index (χ1n) is 5.20. The average Bonchev–Trinajstić information content (AvgIpc) is 2.54. The summed E-state index contributed by atoms with van der Waals surface area (Å²) in [7, 11) is 0. The summed E-state index contributed by atoms with van der Waals surface area (Å²) < 4.78 is 1.61. The van der Waals surface area contributed by atoms with E-state index >= 15 is 0 Å². The molecule has 18 heavy (non-hydrogen) atoms. The molecule has 0 radical (unpaired) electrons. The van der Waals surface area contributed by atoms with Gasteiger partial charge in [-0.2, -0.15) is 0 Å². The van der Waals surface area contributed by atoms with Crippen LogP contribution in [0.15, 0.2) is 13.6 Å². The van der Waals surface area contributed by atoms with Crippen LogP contribution >= 0.6 is 43.2 Å². The van der Waals surface area contributed by atoms with Gasteiger partial charge in [0.15, 0.2) is 0 Å². The smallest absolute Gasteiger partial charge is 0.303 e. The van der Waals surface area contributed by atoms with Crippen molar-refractivity contribution in [3.63, 3.8) is 0 Å². The van der Waals surface area contributed by atoms with Crippen molar-refractivity contribution < 1.29 is 14.7 Å². The van der Waals surface area contributed by atoms with Crippen molar-refractivity contribution in [2.75, 3.05) is 0 Å². The number of amides is 1. The van der Waals surface area contributed by atoms with Gasteiger partial charge in [-0.15, -0.1) is 11.3 Å². The van der Waals surface area contributed by atoms with E-state index in [0.717, 1.165) is 7.57 Å². The molecule has 0 atom stereocenters. The van der Waals surface area contributed by atoms with Gasteiger partial charge in [0.2, 0.25) is 0 Å². The highest BCUT2D eigenvalue weighted by Gasteiger charge is 2.24. The third-order valence-electron chi connectivity index (χ3n) is 2.32. The Balaban J connectivity index is 2.69. The molecule has 1 amide bonds.